The van der Waals surface area contributed by atoms with E-state index in [1.54, 1.807) is 12.1 Å². The van der Waals surface area contributed by atoms with Gasteiger partial charge in [-0.15, -0.1) is 0 Å². The number of carboxylic acid groups (broad SMARTS) is 1. The number of hydrogen-bond acceptors (Lipinski definition) is 2. The summed E-state index contributed by atoms with van der Waals surface area (Å²) in [6.07, 6.45) is 0.970. The lowest BCUT2D eigenvalue weighted by atomic mass is 10.1. The number of rotatable bonds is 3. The van der Waals surface area contributed by atoms with Gasteiger partial charge in [0.1, 0.15) is 0 Å². The molecule has 1 fully saturated rings. The average Bonchev–Trinajstić information content (AvgIpc) is 2.86. The summed E-state index contributed by atoms with van der Waals surface area (Å²) >= 11 is 0. The van der Waals surface area contributed by atoms with Crippen molar-refractivity contribution in [3.63, 3.8) is 0 Å². The maximum absolute atomic E-state index is 11.9. The third-order valence-electron chi connectivity index (χ3n) is 3.19. The fourth-order valence-electron chi connectivity index (χ4n) is 1.75. The van der Waals surface area contributed by atoms with Crippen molar-refractivity contribution in [3.05, 3.63) is 35.4 Å². The Balaban J connectivity index is 2.09. The second kappa shape index (κ2) is 3.87. The van der Waals surface area contributed by atoms with Crippen LogP contribution in [0.15, 0.2) is 24.3 Å². The molecule has 90 valence electrons. The molecule has 1 aromatic carbocycles. The standard InChI is InChI=1S/C13H15NO3/c1-13(2)7-10(13)14-11(15)8-4-3-5-9(6-8)12(16)17/h3-6,10H,7H2,1-2H3,(H,14,15)(H,16,17). The van der Waals surface area contributed by atoms with Crippen molar-refractivity contribution < 1.29 is 14.7 Å². The summed E-state index contributed by atoms with van der Waals surface area (Å²) in [5.74, 6) is -1.23. The Morgan fingerprint density at radius 2 is 1.94 bits per heavy atom. The molecule has 0 saturated heterocycles. The van der Waals surface area contributed by atoms with Crippen LogP contribution in [0.5, 0.6) is 0 Å². The van der Waals surface area contributed by atoms with Gasteiger partial charge in [-0.05, 0) is 30.0 Å². The first-order valence-electron chi connectivity index (χ1n) is 5.54. The quantitative estimate of drug-likeness (QED) is 0.838. The number of nitrogens with one attached hydrogen (secondary N) is 1. The van der Waals surface area contributed by atoms with Gasteiger partial charge in [-0.25, -0.2) is 4.79 Å². The molecule has 0 aliphatic heterocycles. The van der Waals surface area contributed by atoms with Crippen molar-refractivity contribution in [1.29, 1.82) is 0 Å². The van der Waals surface area contributed by atoms with Crippen LogP contribution in [0.3, 0.4) is 0 Å². The van der Waals surface area contributed by atoms with Gasteiger partial charge in [0, 0.05) is 11.6 Å². The van der Waals surface area contributed by atoms with E-state index in [-0.39, 0.29) is 22.9 Å². The lowest BCUT2D eigenvalue weighted by Crippen LogP contribution is -2.28. The maximum Gasteiger partial charge on any atom is 0.335 e. The van der Waals surface area contributed by atoms with Gasteiger partial charge in [0.2, 0.25) is 0 Å². The summed E-state index contributed by atoms with van der Waals surface area (Å²) in [4.78, 5) is 22.6. The monoisotopic (exact) mass is 233 g/mol. The van der Waals surface area contributed by atoms with Crippen molar-refractivity contribution in [2.24, 2.45) is 5.41 Å². The second-order valence-electron chi connectivity index (χ2n) is 5.10. The molecule has 1 aliphatic rings. The van der Waals surface area contributed by atoms with E-state index in [1.165, 1.54) is 12.1 Å². The highest BCUT2D eigenvalue weighted by Crippen LogP contribution is 2.44. The second-order valence-corrected chi connectivity index (χ2v) is 5.10. The van der Waals surface area contributed by atoms with E-state index >= 15 is 0 Å². The number of carbonyl (C=O) groups excluding carboxylic acids is 1. The minimum Gasteiger partial charge on any atom is -0.478 e. The molecule has 2 N–H and O–H groups in total. The number of carbonyl (C=O) groups is 2. The van der Waals surface area contributed by atoms with Gasteiger partial charge >= 0.3 is 5.97 Å². The van der Waals surface area contributed by atoms with Crippen molar-refractivity contribution in [1.82, 2.24) is 5.32 Å². The molecule has 1 unspecified atom stereocenters. The summed E-state index contributed by atoms with van der Waals surface area (Å²) < 4.78 is 0. The average molecular weight is 233 g/mol. The Morgan fingerprint density at radius 1 is 1.35 bits per heavy atom. The number of hydrogen-bond donors (Lipinski definition) is 2. The third kappa shape index (κ3) is 2.46. The van der Waals surface area contributed by atoms with Gasteiger partial charge in [-0.3, -0.25) is 4.79 Å². The summed E-state index contributed by atoms with van der Waals surface area (Å²) in [5.41, 5.74) is 0.695. The van der Waals surface area contributed by atoms with E-state index < -0.39 is 5.97 Å². The first-order valence-corrected chi connectivity index (χ1v) is 5.54. The molecule has 4 heteroatoms. The fourth-order valence-corrected chi connectivity index (χ4v) is 1.75. The van der Waals surface area contributed by atoms with Crippen LogP contribution in [0.4, 0.5) is 0 Å². The molecule has 4 nitrogen and oxygen atoms in total. The van der Waals surface area contributed by atoms with E-state index in [1.807, 2.05) is 0 Å². The lowest BCUT2D eigenvalue weighted by molar-refractivity contribution is 0.0697. The Morgan fingerprint density at radius 3 is 2.47 bits per heavy atom. The Hall–Kier alpha value is -1.84. The summed E-state index contributed by atoms with van der Waals surface area (Å²) in [5, 5.41) is 11.7. The van der Waals surface area contributed by atoms with Crippen LogP contribution in [0.2, 0.25) is 0 Å². The molecule has 1 atom stereocenters. The first kappa shape index (κ1) is 11.6. The van der Waals surface area contributed by atoms with Crippen molar-refractivity contribution >= 4 is 11.9 Å². The Labute approximate surface area is 99.6 Å². The lowest BCUT2D eigenvalue weighted by Gasteiger charge is -2.07. The molecule has 17 heavy (non-hydrogen) atoms. The zero-order valence-electron chi connectivity index (χ0n) is 9.86. The van der Waals surface area contributed by atoms with E-state index in [0.717, 1.165) is 6.42 Å². The van der Waals surface area contributed by atoms with E-state index in [2.05, 4.69) is 19.2 Å². The van der Waals surface area contributed by atoms with Crippen LogP contribution in [-0.4, -0.2) is 23.0 Å². The predicted molar refractivity (Wildman–Crippen MR) is 63.1 cm³/mol. The molecule has 1 aromatic rings. The van der Waals surface area contributed by atoms with Gasteiger partial charge < -0.3 is 10.4 Å². The molecule has 0 aromatic heterocycles. The molecule has 2 rings (SSSR count). The molecule has 1 amide bonds. The Kier molecular flexibility index (Phi) is 2.65. The molecular formula is C13H15NO3. The number of carboxylic acids is 1. The topological polar surface area (TPSA) is 66.4 Å². The van der Waals surface area contributed by atoms with Gasteiger partial charge in [-0.2, -0.15) is 0 Å². The number of benzene rings is 1. The molecule has 0 bridgehead atoms. The zero-order valence-corrected chi connectivity index (χ0v) is 9.86. The highest BCUT2D eigenvalue weighted by molar-refractivity contribution is 5.97. The van der Waals surface area contributed by atoms with Gasteiger partial charge in [0.25, 0.3) is 5.91 Å². The summed E-state index contributed by atoms with van der Waals surface area (Å²) in [6, 6.07) is 6.27. The van der Waals surface area contributed by atoms with E-state index in [4.69, 9.17) is 5.11 Å². The molecule has 1 saturated carbocycles. The van der Waals surface area contributed by atoms with E-state index in [9.17, 15) is 9.59 Å². The minimum absolute atomic E-state index is 0.132. The molecule has 1 aliphatic carbocycles. The molecule has 0 heterocycles. The fraction of sp³-hybridized carbons (Fsp3) is 0.385. The zero-order chi connectivity index (χ0) is 12.6. The van der Waals surface area contributed by atoms with Crippen LogP contribution in [0, 0.1) is 5.41 Å². The molecular weight excluding hydrogens is 218 g/mol. The van der Waals surface area contributed by atoms with Crippen molar-refractivity contribution in [2.45, 2.75) is 26.3 Å². The number of aromatic carboxylic acids is 1. The van der Waals surface area contributed by atoms with Gasteiger partial charge in [0.05, 0.1) is 5.56 Å². The van der Waals surface area contributed by atoms with Gasteiger partial charge in [0.15, 0.2) is 0 Å². The Bertz CT molecular complexity index is 479. The largest absolute Gasteiger partial charge is 0.478 e. The van der Waals surface area contributed by atoms with Crippen LogP contribution in [0.1, 0.15) is 41.0 Å². The molecule has 0 radical (unpaired) electrons. The van der Waals surface area contributed by atoms with Crippen LogP contribution < -0.4 is 5.32 Å². The van der Waals surface area contributed by atoms with E-state index in [0.29, 0.717) is 5.56 Å². The number of amides is 1. The van der Waals surface area contributed by atoms with Gasteiger partial charge in [-0.1, -0.05) is 19.9 Å². The highest BCUT2D eigenvalue weighted by atomic mass is 16.4. The van der Waals surface area contributed by atoms with Crippen LogP contribution in [0.25, 0.3) is 0 Å². The molecule has 0 spiro atoms. The van der Waals surface area contributed by atoms with Crippen LogP contribution >= 0.6 is 0 Å². The SMILES string of the molecule is CC1(C)CC1NC(=O)c1cccc(C(=O)O)c1. The van der Waals surface area contributed by atoms with Crippen molar-refractivity contribution in [2.75, 3.05) is 0 Å². The smallest absolute Gasteiger partial charge is 0.335 e. The normalized spacial score (nSPS) is 20.7. The highest BCUT2D eigenvalue weighted by Gasteiger charge is 2.46. The predicted octanol–water partition coefficient (Wildman–Crippen LogP) is 1.91. The summed E-state index contributed by atoms with van der Waals surface area (Å²) in [6.45, 7) is 4.18. The van der Waals surface area contributed by atoms with Crippen LogP contribution in [-0.2, 0) is 0 Å². The van der Waals surface area contributed by atoms with Crippen molar-refractivity contribution in [3.8, 4) is 0 Å². The third-order valence-corrected chi connectivity index (χ3v) is 3.19. The maximum atomic E-state index is 11.9. The summed E-state index contributed by atoms with van der Waals surface area (Å²) in [7, 11) is 0. The first-order chi connectivity index (χ1) is 7.90. The minimum atomic E-state index is -1.02.